The Morgan fingerprint density at radius 2 is 1.04 bits per heavy atom. The van der Waals surface area contributed by atoms with Gasteiger partial charge in [-0.05, 0) is 19.8 Å². The van der Waals surface area contributed by atoms with Gasteiger partial charge in [-0.2, -0.15) is 26.3 Å². The minimum atomic E-state index is -6.38. The molecule has 0 aliphatic carbocycles. The van der Waals surface area contributed by atoms with Gasteiger partial charge in [0.15, 0.2) is 0 Å². The third-order valence-electron chi connectivity index (χ3n) is 3.08. The molecule has 0 heterocycles. The molecule has 0 fully saturated rings. The first-order valence-corrected chi connectivity index (χ1v) is 12.7. The Bertz CT molecular complexity index is 981. The van der Waals surface area contributed by atoms with Crippen molar-refractivity contribution in [1.82, 2.24) is 8.25 Å². The maximum absolute atomic E-state index is 12.3. The summed E-state index contributed by atoms with van der Waals surface area (Å²) in [5.74, 6) is 0. The topological polar surface area (TPSA) is 161 Å². The largest absolute Gasteiger partial charge is 0.512 e. The first kappa shape index (κ1) is 27.3. The van der Waals surface area contributed by atoms with Gasteiger partial charge < -0.3 is 0 Å². The summed E-state index contributed by atoms with van der Waals surface area (Å²) >= 11 is 0. The quantitative estimate of drug-likeness (QED) is 0.414. The van der Waals surface area contributed by atoms with E-state index in [-0.39, 0.29) is 0 Å². The fourth-order valence-corrected chi connectivity index (χ4v) is 7.55. The maximum atomic E-state index is 12.3. The van der Waals surface area contributed by atoms with Gasteiger partial charge in [0, 0.05) is 0 Å². The van der Waals surface area contributed by atoms with Crippen LogP contribution >= 0.6 is 0 Å². The molecule has 0 aromatic carbocycles. The van der Waals surface area contributed by atoms with Crippen molar-refractivity contribution in [3.63, 3.8) is 0 Å². The Hall–Kier alpha value is -0.700. The van der Waals surface area contributed by atoms with Gasteiger partial charge in [-0.25, -0.2) is 33.7 Å². The number of rotatable bonds is 9. The summed E-state index contributed by atoms with van der Waals surface area (Å²) in [4.78, 5) is 0. The Labute approximate surface area is 156 Å². The minimum Gasteiger partial charge on any atom is -0.211 e. The van der Waals surface area contributed by atoms with Crippen molar-refractivity contribution in [2.45, 2.75) is 48.2 Å². The monoisotopic (exact) mass is 508 g/mol. The fraction of sp³-hybridized carbons (Fsp3) is 1.00. The molecule has 20 heteroatoms. The van der Waals surface area contributed by atoms with E-state index in [4.69, 9.17) is 0 Å². The number of hydrogen-bond donors (Lipinski definition) is 2. The summed E-state index contributed by atoms with van der Waals surface area (Å²) in [6, 6.07) is 0. The Morgan fingerprint density at radius 3 is 1.32 bits per heavy atom. The molecule has 0 bridgehead atoms. The zero-order chi connectivity index (χ0) is 23.0. The highest BCUT2D eigenvalue weighted by molar-refractivity contribution is 8.06. The van der Waals surface area contributed by atoms with E-state index in [1.54, 1.807) is 0 Å². The number of halogens is 6. The van der Waals surface area contributed by atoms with Crippen LogP contribution in [0.2, 0.25) is 0 Å². The minimum absolute atomic E-state index is 0.332. The molecule has 2 atom stereocenters. The van der Waals surface area contributed by atoms with Crippen molar-refractivity contribution < 1.29 is 60.0 Å². The van der Waals surface area contributed by atoms with Crippen molar-refractivity contribution in [2.24, 2.45) is 0 Å². The van der Waals surface area contributed by atoms with E-state index in [2.05, 4.69) is 0 Å². The van der Waals surface area contributed by atoms with Crippen LogP contribution in [0.1, 0.15) is 26.7 Å². The van der Waals surface area contributed by atoms with Crippen LogP contribution in [0, 0.1) is 0 Å². The molecule has 10 nitrogen and oxygen atoms in total. The molecule has 0 saturated heterocycles. The lowest BCUT2D eigenvalue weighted by molar-refractivity contribution is -0.0447. The average Bonchev–Trinajstić information content (AvgIpc) is 2.39. The van der Waals surface area contributed by atoms with Crippen molar-refractivity contribution in [1.29, 1.82) is 0 Å². The second-order valence-corrected chi connectivity index (χ2v) is 13.2. The summed E-state index contributed by atoms with van der Waals surface area (Å²) < 4.78 is 165. The molecule has 0 radical (unpaired) electrons. The smallest absolute Gasteiger partial charge is 0.211 e. The van der Waals surface area contributed by atoms with E-state index in [0.29, 0.717) is 15.2 Å². The highest BCUT2D eigenvalue weighted by Crippen LogP contribution is 2.26. The molecule has 0 spiro atoms. The third kappa shape index (κ3) is 6.68. The van der Waals surface area contributed by atoms with Crippen molar-refractivity contribution in [2.75, 3.05) is 0 Å². The van der Waals surface area contributed by atoms with Gasteiger partial charge in [0.25, 0.3) is 0 Å². The van der Waals surface area contributed by atoms with Crippen LogP contribution in [0.15, 0.2) is 0 Å². The first-order chi connectivity index (χ1) is 12.0. The first-order valence-electron chi connectivity index (χ1n) is 6.67. The van der Waals surface area contributed by atoms with Crippen LogP contribution in [0.4, 0.5) is 26.3 Å². The Balaban J connectivity index is 5.68. The van der Waals surface area contributed by atoms with Crippen LogP contribution in [-0.4, -0.2) is 55.2 Å². The highest BCUT2D eigenvalue weighted by Gasteiger charge is 2.51. The van der Waals surface area contributed by atoms with Crippen LogP contribution in [-0.2, 0) is 40.1 Å². The lowest BCUT2D eigenvalue weighted by atomic mass is 10.2. The fourth-order valence-electron chi connectivity index (χ4n) is 1.56. The molecule has 0 aliphatic rings. The summed E-state index contributed by atoms with van der Waals surface area (Å²) in [5, 5.41) is -4.32. The lowest BCUT2D eigenvalue weighted by Gasteiger charge is -2.21. The lowest BCUT2D eigenvalue weighted by Crippen LogP contribution is -2.47. The molecular weight excluding hydrogens is 494 g/mol. The molecule has 0 amide bonds. The molecule has 0 aliphatic heterocycles. The highest BCUT2D eigenvalue weighted by atomic mass is 32.3. The zero-order valence-electron chi connectivity index (χ0n) is 13.7. The van der Waals surface area contributed by atoms with E-state index in [1.165, 1.54) is 0 Å². The summed E-state index contributed by atoms with van der Waals surface area (Å²) in [5.41, 5.74) is -12.0. The maximum Gasteiger partial charge on any atom is 0.512 e. The van der Waals surface area contributed by atoms with E-state index >= 15 is 0 Å². The number of sulfonamides is 4. The van der Waals surface area contributed by atoms with E-state index < -0.39 is 74.5 Å². The van der Waals surface area contributed by atoms with E-state index in [9.17, 15) is 60.0 Å². The summed E-state index contributed by atoms with van der Waals surface area (Å²) in [7, 11) is -23.5. The van der Waals surface area contributed by atoms with E-state index in [1.807, 2.05) is 0 Å². The molecule has 0 rings (SSSR count). The van der Waals surface area contributed by atoms with Gasteiger partial charge in [-0.3, -0.25) is 0 Å². The zero-order valence-corrected chi connectivity index (χ0v) is 17.0. The second kappa shape index (κ2) is 8.20. The van der Waals surface area contributed by atoms with Gasteiger partial charge in [0.05, 0.1) is 10.5 Å². The van der Waals surface area contributed by atoms with Crippen molar-refractivity contribution in [3.8, 4) is 0 Å². The van der Waals surface area contributed by atoms with Gasteiger partial charge in [0.2, 0.25) is 20.0 Å². The Morgan fingerprint density at radius 1 is 0.714 bits per heavy atom. The Kier molecular flexibility index (Phi) is 8.00. The molecule has 0 aromatic rings. The molecule has 2 unspecified atom stereocenters. The SMILES string of the molecule is CCC(CC(C)S(=O)(=O)NS(=O)(=O)C(F)(F)F)S(=O)(=O)NS(=O)(=O)C(F)(F)F. The van der Waals surface area contributed by atoms with Crippen molar-refractivity contribution >= 4 is 40.1 Å². The number of nitrogens with one attached hydrogen (secondary N) is 2. The van der Waals surface area contributed by atoms with Gasteiger partial charge in [-0.15, -0.1) is 8.25 Å². The normalized spacial score (nSPS) is 17.3. The summed E-state index contributed by atoms with van der Waals surface area (Å²) in [6.07, 6.45) is -1.88. The van der Waals surface area contributed by atoms with E-state index in [0.717, 1.165) is 6.92 Å². The van der Waals surface area contributed by atoms with Gasteiger partial charge in [0.1, 0.15) is 0 Å². The molecule has 2 N–H and O–H groups in total. The predicted octanol–water partition coefficient (Wildman–Crippen LogP) is 0.0816. The molecule has 0 aromatic heterocycles. The molecule has 0 saturated carbocycles. The average molecular weight is 508 g/mol. The third-order valence-corrected chi connectivity index (χ3v) is 10.6. The summed E-state index contributed by atoms with van der Waals surface area (Å²) in [6.45, 7) is 1.58. The van der Waals surface area contributed by atoms with Gasteiger partial charge >= 0.3 is 31.1 Å². The van der Waals surface area contributed by atoms with Gasteiger partial charge in [-0.1, -0.05) is 6.92 Å². The molecule has 170 valence electrons. The predicted molar refractivity (Wildman–Crippen MR) is 82.2 cm³/mol. The van der Waals surface area contributed by atoms with Crippen LogP contribution in [0.5, 0.6) is 0 Å². The standard InChI is InChI=1S/C8H14F6N2O8S4/c1-3-6(26(19,20)16-28(23,24)8(12,13)14)4-5(2)25(17,18)15-27(21,22)7(9,10)11/h5-6,15-16H,3-4H2,1-2H3. The molecular formula is C8H14F6N2O8S4. The molecule has 28 heavy (non-hydrogen) atoms. The number of alkyl halides is 6. The second-order valence-electron chi connectivity index (χ2n) is 5.23. The number of hydrogen-bond acceptors (Lipinski definition) is 8. The van der Waals surface area contributed by atoms with Crippen LogP contribution in [0.3, 0.4) is 0 Å². The van der Waals surface area contributed by atoms with Crippen molar-refractivity contribution in [3.05, 3.63) is 0 Å². The van der Waals surface area contributed by atoms with Crippen LogP contribution < -0.4 is 8.25 Å². The van der Waals surface area contributed by atoms with Crippen LogP contribution in [0.25, 0.3) is 0 Å².